The SMILES string of the molecule is CCC(C)c1ccc(OS(=O)(=O)C(F)(F)S(=O)(=O)[O-])cc1.CCC(C)c1ccc(OS(=O)(=O)C(F)(F)S(=O)(=O)[O-])cc1.CCC(C)c1ccc(Oc2c(F)c(F)c(S(=O)(=O)[O-])c(F)c2F)cc1.Fc1ccc([S+](c2ccc(F)cc2)c2ccc(F)cc2)cc1.Fc1ccc([S+](c2ccc(F)cc2)c2ccc(F)cc2)cc1.c1ccc([S+](c2ccccc2)c2ccccc2)cc1. The molecule has 3 atom stereocenters. The maximum absolute atomic E-state index is 13.9. The molecule has 13 aromatic carbocycles. The van der Waals surface area contributed by atoms with E-state index in [0.29, 0.717) is 0 Å². The van der Waals surface area contributed by atoms with Crippen molar-refractivity contribution in [1.82, 2.24) is 0 Å². The largest absolute Gasteiger partial charge is 0.744 e. The van der Waals surface area contributed by atoms with Crippen LogP contribution in [0, 0.1) is 58.2 Å². The molecule has 0 heterocycles. The van der Waals surface area contributed by atoms with Crippen LogP contribution in [0.5, 0.6) is 23.0 Å². The molecule has 16 nitrogen and oxygen atoms in total. The summed E-state index contributed by atoms with van der Waals surface area (Å²) in [6.45, 7) is 11.6. The fraction of sp³-hybridized carbons (Fsp3) is 0.152. The molecule has 0 aliphatic carbocycles. The summed E-state index contributed by atoms with van der Waals surface area (Å²) in [5.74, 6) is -12.8. The highest BCUT2D eigenvalue weighted by Crippen LogP contribution is 2.40. The summed E-state index contributed by atoms with van der Waals surface area (Å²) in [4.78, 5) is 7.19. The van der Waals surface area contributed by atoms with Crippen LogP contribution in [0.4, 0.5) is 61.5 Å². The van der Waals surface area contributed by atoms with Crippen LogP contribution in [0.1, 0.15) is 95.2 Å². The highest BCUT2D eigenvalue weighted by Gasteiger charge is 2.56. The average molecular weight is 1960 g/mol. The van der Waals surface area contributed by atoms with Gasteiger partial charge in [-0.3, -0.25) is 0 Å². The Morgan fingerprint density at radius 1 is 0.277 bits per heavy atom. The number of benzene rings is 13. The van der Waals surface area contributed by atoms with Gasteiger partial charge in [-0.1, -0.05) is 133 Å². The molecule has 0 aliphatic heterocycles. The molecule has 13 aromatic rings. The van der Waals surface area contributed by atoms with Crippen molar-refractivity contribution in [2.75, 3.05) is 0 Å². The predicted octanol–water partition coefficient (Wildman–Crippen LogP) is 23.6. The van der Waals surface area contributed by atoms with Gasteiger partial charge in [0.05, 0.1) is 32.7 Å². The molecule has 0 fully saturated rings. The summed E-state index contributed by atoms with van der Waals surface area (Å²) in [5, 5.41) is 0. The summed E-state index contributed by atoms with van der Waals surface area (Å²) in [7, 11) is -31.5. The van der Waals surface area contributed by atoms with Crippen molar-refractivity contribution in [2.45, 2.75) is 137 Å². The van der Waals surface area contributed by atoms with E-state index < -0.39 is 127 Å². The molecule has 0 aliphatic rings. The van der Waals surface area contributed by atoms with Crippen molar-refractivity contribution in [3.63, 3.8) is 0 Å². The third kappa shape index (κ3) is 28.0. The zero-order chi connectivity index (χ0) is 95.9. The van der Waals surface area contributed by atoms with E-state index in [-0.39, 0.29) is 69.3 Å². The Bertz CT molecular complexity index is 5870. The molecule has 13 rings (SSSR count). The molecule has 0 aromatic heterocycles. The standard InChI is InChI=1S/2C18H12F3S.C18H15S.C16H14F4O4S.2C11H14F2O6S2/c2*19-13-1-7-16(8-2-13)22(17-9-3-14(20)4-10-17)18-11-5-15(21)6-12-18;1-4-10-16(11-5-1)19(17-12-6-2-7-13-17)18-14-8-3-9-15-18;1-3-8(2)9-4-6-10(7-5-9)24-15-11(17)13(19)16(25(21,22)23)14(20)12(15)18;2*1-3-8(2)9-4-6-10(7-5-9)19-21(17,18)11(12,13)20(14,15)16/h2*1-12H;1-15H;4-8H,3H2,1-2H3,(H,21,22,23);2*4-8H,3H2,1-2H3,(H,14,15,16)/q3*+1;;;/p-3. The van der Waals surface area contributed by atoms with Crippen LogP contribution in [-0.4, -0.2) is 64.9 Å². The number of rotatable bonds is 26. The highest BCUT2D eigenvalue weighted by atomic mass is 32.3. The van der Waals surface area contributed by atoms with E-state index in [1.54, 1.807) is 84.9 Å². The van der Waals surface area contributed by atoms with Crippen molar-refractivity contribution in [3.05, 3.63) is 384 Å². The number of alkyl halides is 4. The molecule has 0 spiro atoms. The average Bonchev–Trinajstić information content (AvgIpc) is 0.767. The Morgan fingerprint density at radius 3 is 0.654 bits per heavy atom. The molecule has 0 bridgehead atoms. The summed E-state index contributed by atoms with van der Waals surface area (Å²) in [6, 6.07) is 85.4. The van der Waals surface area contributed by atoms with E-state index >= 15 is 0 Å². The minimum Gasteiger partial charge on any atom is -0.744 e. The Morgan fingerprint density at radius 2 is 0.469 bits per heavy atom. The van der Waals surface area contributed by atoms with Crippen LogP contribution in [0.15, 0.2) is 358 Å². The summed E-state index contributed by atoms with van der Waals surface area (Å²) >= 11 is 0. The van der Waals surface area contributed by atoms with Gasteiger partial charge in [-0.15, -0.1) is 0 Å². The molecule has 3 unspecified atom stereocenters. The molecule has 0 radical (unpaired) electrons. The van der Waals surface area contributed by atoms with Gasteiger partial charge in [0.25, 0.3) is 0 Å². The lowest BCUT2D eigenvalue weighted by atomic mass is 9.99. The van der Waals surface area contributed by atoms with E-state index in [0.717, 1.165) is 89.6 Å². The lowest BCUT2D eigenvalue weighted by molar-refractivity contribution is 0.153. The molecule has 0 saturated carbocycles. The molecular formula is C92H78F14O16S8. The topological polar surface area (TPSA) is 268 Å². The second kappa shape index (κ2) is 46.2. The van der Waals surface area contributed by atoms with Gasteiger partial charge in [0.2, 0.25) is 17.4 Å². The normalized spacial score (nSPS) is 12.5. The second-order valence-electron chi connectivity index (χ2n) is 27.6. The predicted molar refractivity (Wildman–Crippen MR) is 462 cm³/mol. The first kappa shape index (κ1) is 104. The van der Waals surface area contributed by atoms with Crippen LogP contribution >= 0.6 is 0 Å². The number of ether oxygens (including phenoxy) is 1. The Hall–Kier alpha value is -11.0. The molecule has 38 heteroatoms. The number of hydrogen-bond acceptors (Lipinski definition) is 16. The summed E-state index contributed by atoms with van der Waals surface area (Å²) < 4.78 is 327. The van der Waals surface area contributed by atoms with Crippen LogP contribution in [0.3, 0.4) is 0 Å². The van der Waals surface area contributed by atoms with Crippen molar-refractivity contribution in [2.24, 2.45) is 0 Å². The van der Waals surface area contributed by atoms with Crippen molar-refractivity contribution in [3.8, 4) is 23.0 Å². The first-order valence-electron chi connectivity index (χ1n) is 38.4. The maximum Gasteiger partial charge on any atom is 0.470 e. The minimum absolute atomic E-state index is 0.0146. The Labute approximate surface area is 752 Å². The van der Waals surface area contributed by atoms with E-state index in [1.165, 1.54) is 124 Å². The van der Waals surface area contributed by atoms with E-state index in [2.05, 4.69) is 99.4 Å². The molecular weight excluding hydrogens is 1880 g/mol. The van der Waals surface area contributed by atoms with E-state index in [9.17, 15) is 117 Å². The second-order valence-corrected chi connectivity index (χ2v) is 41.5. The molecule has 0 amide bonds. The van der Waals surface area contributed by atoms with Gasteiger partial charge in [0.1, 0.15) is 67.2 Å². The van der Waals surface area contributed by atoms with Crippen LogP contribution in [0.2, 0.25) is 0 Å². The fourth-order valence-electron chi connectivity index (χ4n) is 11.2. The quantitative estimate of drug-likeness (QED) is 0.0160. The van der Waals surface area contributed by atoms with Crippen LogP contribution < -0.4 is 13.1 Å². The Kier molecular flexibility index (Phi) is 37.0. The number of hydrogen-bond donors (Lipinski definition) is 0. The molecule has 0 saturated heterocycles. The van der Waals surface area contributed by atoms with Gasteiger partial charge in [0, 0.05) is 0 Å². The van der Waals surface area contributed by atoms with Crippen molar-refractivity contribution < 1.29 is 130 Å². The molecule has 688 valence electrons. The van der Waals surface area contributed by atoms with Crippen LogP contribution in [0.25, 0.3) is 0 Å². The third-order valence-corrected chi connectivity index (χ3v) is 31.8. The third-order valence-electron chi connectivity index (χ3n) is 18.6. The van der Waals surface area contributed by atoms with Crippen LogP contribution in [-0.2, 0) is 83.3 Å². The van der Waals surface area contributed by atoms with Gasteiger partial charge >= 0.3 is 29.4 Å². The van der Waals surface area contributed by atoms with Gasteiger partial charge in [-0.25, -0.2) is 60.4 Å². The molecule has 130 heavy (non-hydrogen) atoms. The lowest BCUT2D eigenvalue weighted by Gasteiger charge is -2.19. The Balaban J connectivity index is 0.000000193. The smallest absolute Gasteiger partial charge is 0.470 e. The van der Waals surface area contributed by atoms with Gasteiger partial charge in [-0.05, 0) is 272 Å². The van der Waals surface area contributed by atoms with Gasteiger partial charge < -0.3 is 26.8 Å². The molecule has 0 N–H and O–H groups in total. The maximum atomic E-state index is 13.9. The van der Waals surface area contributed by atoms with E-state index in [4.69, 9.17) is 4.74 Å². The first-order chi connectivity index (χ1) is 61.1. The fourth-order valence-corrected chi connectivity index (χ4v) is 21.1. The zero-order valence-electron chi connectivity index (χ0n) is 68.9. The highest BCUT2D eigenvalue weighted by molar-refractivity contribution is 8.05. The lowest BCUT2D eigenvalue weighted by Crippen LogP contribution is -2.40. The minimum atomic E-state index is -6.40. The van der Waals surface area contributed by atoms with Crippen molar-refractivity contribution >= 4 is 83.3 Å². The number of halogens is 14. The zero-order valence-corrected chi connectivity index (χ0v) is 75.4. The van der Waals surface area contributed by atoms with Gasteiger partial charge in [-0.2, -0.15) is 43.2 Å². The van der Waals surface area contributed by atoms with Crippen molar-refractivity contribution in [1.29, 1.82) is 0 Å². The summed E-state index contributed by atoms with van der Waals surface area (Å²) in [6.07, 6.45) is 2.47. The summed E-state index contributed by atoms with van der Waals surface area (Å²) in [5.41, 5.74) is 2.57. The first-order valence-corrected chi connectivity index (χ1v) is 49.1. The van der Waals surface area contributed by atoms with Gasteiger partial charge in [0.15, 0.2) is 75.9 Å². The monoisotopic (exact) mass is 1960 g/mol. The van der Waals surface area contributed by atoms with E-state index in [1.807, 2.05) is 41.5 Å².